The van der Waals surface area contributed by atoms with Crippen molar-refractivity contribution in [2.45, 2.75) is 19.9 Å². The van der Waals surface area contributed by atoms with Crippen LogP contribution < -0.4 is 10.9 Å². The SMILES string of the molecule is CCCOC(=O)Nc1cccc(Cn2nc(-c3cc(F)cc(F)c3)ccc2=O)c1. The number of halogens is 2. The van der Waals surface area contributed by atoms with E-state index >= 15 is 0 Å². The molecule has 3 rings (SSSR count). The minimum atomic E-state index is -0.728. The summed E-state index contributed by atoms with van der Waals surface area (Å²) in [6, 6.07) is 12.6. The zero-order chi connectivity index (χ0) is 20.8. The van der Waals surface area contributed by atoms with Crippen LogP contribution in [0.4, 0.5) is 19.3 Å². The van der Waals surface area contributed by atoms with E-state index in [-0.39, 0.29) is 23.4 Å². The minimum Gasteiger partial charge on any atom is -0.449 e. The molecule has 2 aromatic carbocycles. The highest BCUT2D eigenvalue weighted by Gasteiger charge is 2.09. The van der Waals surface area contributed by atoms with Gasteiger partial charge in [-0.05, 0) is 42.3 Å². The molecule has 0 fully saturated rings. The molecule has 8 heteroatoms. The first-order valence-corrected chi connectivity index (χ1v) is 9.02. The number of benzene rings is 2. The minimum absolute atomic E-state index is 0.115. The van der Waals surface area contributed by atoms with Crippen molar-refractivity contribution in [1.82, 2.24) is 9.78 Å². The molecule has 0 spiro atoms. The summed E-state index contributed by atoms with van der Waals surface area (Å²) < 4.78 is 33.1. The Morgan fingerprint density at radius 3 is 2.59 bits per heavy atom. The molecule has 150 valence electrons. The van der Waals surface area contributed by atoms with Crippen molar-refractivity contribution in [3.8, 4) is 11.3 Å². The first kappa shape index (κ1) is 20.2. The molecule has 3 aromatic rings. The molecule has 29 heavy (non-hydrogen) atoms. The van der Waals surface area contributed by atoms with Gasteiger partial charge in [0.2, 0.25) is 0 Å². The molecule has 0 aliphatic carbocycles. The Morgan fingerprint density at radius 2 is 1.86 bits per heavy atom. The van der Waals surface area contributed by atoms with Gasteiger partial charge in [-0.25, -0.2) is 18.3 Å². The average Bonchev–Trinajstić information content (AvgIpc) is 2.67. The van der Waals surface area contributed by atoms with Crippen LogP contribution in [-0.2, 0) is 11.3 Å². The average molecular weight is 399 g/mol. The van der Waals surface area contributed by atoms with Crippen LogP contribution in [0.3, 0.4) is 0 Å². The van der Waals surface area contributed by atoms with Crippen molar-refractivity contribution >= 4 is 11.8 Å². The van der Waals surface area contributed by atoms with Gasteiger partial charge in [0.25, 0.3) is 5.56 Å². The highest BCUT2D eigenvalue weighted by Crippen LogP contribution is 2.19. The number of carbonyl (C=O) groups excluding carboxylic acids is 1. The lowest BCUT2D eigenvalue weighted by molar-refractivity contribution is 0.161. The predicted octanol–water partition coefficient (Wildman–Crippen LogP) is 4.20. The first-order chi connectivity index (χ1) is 13.9. The summed E-state index contributed by atoms with van der Waals surface area (Å²) in [7, 11) is 0. The molecule has 0 bridgehead atoms. The summed E-state index contributed by atoms with van der Waals surface area (Å²) in [6.45, 7) is 2.33. The van der Waals surface area contributed by atoms with Crippen LogP contribution >= 0.6 is 0 Å². The monoisotopic (exact) mass is 399 g/mol. The van der Waals surface area contributed by atoms with E-state index in [1.807, 2.05) is 6.92 Å². The van der Waals surface area contributed by atoms with E-state index in [0.29, 0.717) is 24.3 Å². The zero-order valence-electron chi connectivity index (χ0n) is 15.7. The van der Waals surface area contributed by atoms with Crippen LogP contribution in [0, 0.1) is 11.6 Å². The molecule has 0 aliphatic rings. The molecule has 0 aliphatic heterocycles. The van der Waals surface area contributed by atoms with Crippen LogP contribution in [-0.4, -0.2) is 22.5 Å². The fraction of sp³-hybridized carbons (Fsp3) is 0.190. The molecule has 0 unspecified atom stereocenters. The summed E-state index contributed by atoms with van der Waals surface area (Å²) in [6.07, 6.45) is 0.155. The zero-order valence-corrected chi connectivity index (χ0v) is 15.7. The van der Waals surface area contributed by atoms with Gasteiger partial charge in [-0.2, -0.15) is 5.10 Å². The maximum Gasteiger partial charge on any atom is 0.411 e. The van der Waals surface area contributed by atoms with E-state index in [4.69, 9.17) is 4.74 Å². The van der Waals surface area contributed by atoms with Gasteiger partial charge in [0.05, 0.1) is 18.8 Å². The molecule has 0 saturated heterocycles. The van der Waals surface area contributed by atoms with Crippen molar-refractivity contribution in [2.24, 2.45) is 0 Å². The Balaban J connectivity index is 1.82. The Bertz CT molecular complexity index is 1060. The first-order valence-electron chi connectivity index (χ1n) is 9.02. The number of hydrogen-bond donors (Lipinski definition) is 1. The van der Waals surface area contributed by atoms with Crippen LogP contribution in [0.15, 0.2) is 59.4 Å². The second kappa shape index (κ2) is 9.09. The summed E-state index contributed by atoms with van der Waals surface area (Å²) in [5, 5.41) is 6.82. The van der Waals surface area contributed by atoms with E-state index < -0.39 is 17.7 Å². The molecule has 0 saturated carbocycles. The van der Waals surface area contributed by atoms with E-state index in [9.17, 15) is 18.4 Å². The second-order valence-corrected chi connectivity index (χ2v) is 6.33. The van der Waals surface area contributed by atoms with E-state index in [1.165, 1.54) is 16.8 Å². The quantitative estimate of drug-likeness (QED) is 0.674. The van der Waals surface area contributed by atoms with Gasteiger partial charge in [0.15, 0.2) is 0 Å². The molecular weight excluding hydrogens is 380 g/mol. The lowest BCUT2D eigenvalue weighted by Crippen LogP contribution is -2.23. The highest BCUT2D eigenvalue weighted by molar-refractivity contribution is 5.84. The molecule has 0 radical (unpaired) electrons. The van der Waals surface area contributed by atoms with Crippen LogP contribution in [0.2, 0.25) is 0 Å². The smallest absolute Gasteiger partial charge is 0.411 e. The number of carbonyl (C=O) groups is 1. The van der Waals surface area contributed by atoms with Gasteiger partial charge in [-0.3, -0.25) is 10.1 Å². The molecule has 1 amide bonds. The summed E-state index contributed by atoms with van der Waals surface area (Å²) >= 11 is 0. The summed E-state index contributed by atoms with van der Waals surface area (Å²) in [5.41, 5.74) is 1.34. The van der Waals surface area contributed by atoms with Crippen molar-refractivity contribution in [1.29, 1.82) is 0 Å². The predicted molar refractivity (Wildman–Crippen MR) is 105 cm³/mol. The number of nitrogens with one attached hydrogen (secondary N) is 1. The lowest BCUT2D eigenvalue weighted by atomic mass is 10.1. The molecular formula is C21H19F2N3O3. The van der Waals surface area contributed by atoms with Crippen molar-refractivity contribution < 1.29 is 18.3 Å². The second-order valence-electron chi connectivity index (χ2n) is 6.33. The normalized spacial score (nSPS) is 10.6. The van der Waals surface area contributed by atoms with Gasteiger partial charge < -0.3 is 4.74 Å². The number of ether oxygens (including phenoxy) is 1. The third-order valence-corrected chi connectivity index (χ3v) is 3.97. The van der Waals surface area contributed by atoms with Crippen LogP contribution in [0.1, 0.15) is 18.9 Å². The highest BCUT2D eigenvalue weighted by atomic mass is 19.1. The molecule has 1 heterocycles. The van der Waals surface area contributed by atoms with E-state index in [2.05, 4.69) is 10.4 Å². The van der Waals surface area contributed by atoms with Gasteiger partial charge in [-0.15, -0.1) is 0 Å². The largest absolute Gasteiger partial charge is 0.449 e. The fourth-order valence-corrected chi connectivity index (χ4v) is 2.69. The number of aromatic nitrogens is 2. The topological polar surface area (TPSA) is 73.2 Å². The molecule has 0 atom stereocenters. The fourth-order valence-electron chi connectivity index (χ4n) is 2.69. The molecule has 6 nitrogen and oxygen atoms in total. The summed E-state index contributed by atoms with van der Waals surface area (Å²) in [5.74, 6) is -1.46. The van der Waals surface area contributed by atoms with Crippen LogP contribution in [0.25, 0.3) is 11.3 Å². The third-order valence-electron chi connectivity index (χ3n) is 3.97. The van der Waals surface area contributed by atoms with Crippen LogP contribution in [0.5, 0.6) is 0 Å². The Hall–Kier alpha value is -3.55. The van der Waals surface area contributed by atoms with Crippen molar-refractivity contribution in [3.05, 3.63) is 82.1 Å². The number of amides is 1. The van der Waals surface area contributed by atoms with Crippen molar-refractivity contribution in [2.75, 3.05) is 11.9 Å². The third kappa shape index (κ3) is 5.47. The van der Waals surface area contributed by atoms with Gasteiger partial charge in [0.1, 0.15) is 11.6 Å². The standard InChI is InChI=1S/C21H19F2N3O3/c1-2-8-29-21(28)24-18-5-3-4-14(9-18)13-26-20(27)7-6-19(25-26)15-10-16(22)12-17(23)11-15/h3-7,9-12H,2,8,13H2,1H3,(H,24,28). The van der Waals surface area contributed by atoms with E-state index in [1.54, 1.807) is 24.3 Å². The number of rotatable bonds is 6. The van der Waals surface area contributed by atoms with Crippen molar-refractivity contribution in [3.63, 3.8) is 0 Å². The van der Waals surface area contributed by atoms with Gasteiger partial charge in [0, 0.05) is 23.4 Å². The van der Waals surface area contributed by atoms with E-state index in [0.717, 1.165) is 18.2 Å². The maximum atomic E-state index is 13.5. The Labute approximate surface area is 165 Å². The number of nitrogens with zero attached hydrogens (tertiary/aromatic N) is 2. The number of hydrogen-bond acceptors (Lipinski definition) is 4. The Kier molecular flexibility index (Phi) is 6.33. The van der Waals surface area contributed by atoms with Gasteiger partial charge in [-0.1, -0.05) is 19.1 Å². The molecule has 1 aromatic heterocycles. The van der Waals surface area contributed by atoms with Gasteiger partial charge >= 0.3 is 6.09 Å². The lowest BCUT2D eigenvalue weighted by Gasteiger charge is -2.10. The Morgan fingerprint density at radius 1 is 1.10 bits per heavy atom. The summed E-state index contributed by atoms with van der Waals surface area (Å²) in [4.78, 5) is 23.9. The number of anilines is 1. The maximum absolute atomic E-state index is 13.5. The molecule has 1 N–H and O–H groups in total.